The number of hydrogen-bond donors (Lipinski definition) is 1. The third-order valence-corrected chi connectivity index (χ3v) is 7.21. The number of furan rings is 1. The number of halogens is 1. The summed E-state index contributed by atoms with van der Waals surface area (Å²) in [6, 6.07) is 14.4. The van der Waals surface area contributed by atoms with Gasteiger partial charge in [-0.25, -0.2) is 4.37 Å². The highest BCUT2D eigenvalue weighted by Gasteiger charge is 2.22. The maximum Gasteiger partial charge on any atom is 0.291 e. The van der Waals surface area contributed by atoms with Crippen molar-refractivity contribution < 1.29 is 14.0 Å². The molecule has 0 radical (unpaired) electrons. The number of carbonyl (C=O) groups is 2. The number of nitrogens with zero attached hydrogens (tertiary/aromatic N) is 5. The van der Waals surface area contributed by atoms with Gasteiger partial charge in [-0.2, -0.15) is 15.0 Å². The molecule has 0 spiro atoms. The summed E-state index contributed by atoms with van der Waals surface area (Å²) in [4.78, 5) is 40.2. The van der Waals surface area contributed by atoms with Gasteiger partial charge in [-0.05, 0) is 47.9 Å². The largest absolute Gasteiger partial charge is 0.461 e. The van der Waals surface area contributed by atoms with Gasteiger partial charge < -0.3 is 9.73 Å². The molecule has 0 bridgehead atoms. The fourth-order valence-electron chi connectivity index (χ4n) is 3.54. The number of hydrogen-bond acceptors (Lipinski definition) is 10. The van der Waals surface area contributed by atoms with Gasteiger partial charge >= 0.3 is 0 Å². The Hall–Kier alpha value is -4.31. The van der Waals surface area contributed by atoms with Gasteiger partial charge in [0.2, 0.25) is 5.78 Å². The Morgan fingerprint density at radius 3 is 2.73 bits per heavy atom. The van der Waals surface area contributed by atoms with Gasteiger partial charge in [-0.1, -0.05) is 11.6 Å². The lowest BCUT2D eigenvalue weighted by Crippen LogP contribution is -2.25. The third-order valence-electron chi connectivity index (χ3n) is 5.24. The van der Waals surface area contributed by atoms with Crippen molar-refractivity contribution in [3.63, 3.8) is 0 Å². The molecule has 5 rings (SSSR count). The first-order valence-corrected chi connectivity index (χ1v) is 12.7. The predicted octanol–water partition coefficient (Wildman–Crippen LogP) is 4.53. The Morgan fingerprint density at radius 2 is 2.05 bits per heavy atom. The van der Waals surface area contributed by atoms with Gasteiger partial charge in [-0.15, -0.1) is 11.3 Å². The standard InChI is InChI=1S/C24H15ClN6O4S2/c25-21-4-3-15(36-21)12-27-22-10-16(29-31(22)24(34)20-5-6-28-37-20)17-8-14(11-26)9-23(33)30(17)13-18(32)19-2-1-7-35-19/h1-10,27H,12-13H2. The molecule has 0 saturated carbocycles. The van der Waals surface area contributed by atoms with E-state index in [0.717, 1.165) is 22.5 Å². The molecule has 5 heterocycles. The number of Topliss-reactive ketones (excluding diaryl/α,β-unsaturated/α-hetero) is 1. The third kappa shape index (κ3) is 5.14. The van der Waals surface area contributed by atoms with Crippen LogP contribution in [-0.4, -0.2) is 30.4 Å². The summed E-state index contributed by atoms with van der Waals surface area (Å²) < 4.78 is 12.1. The Kier molecular flexibility index (Phi) is 6.82. The zero-order valence-corrected chi connectivity index (χ0v) is 21.1. The number of nitrogens with one attached hydrogen (secondary N) is 1. The van der Waals surface area contributed by atoms with Crippen molar-refractivity contribution >= 4 is 52.0 Å². The first kappa shape index (κ1) is 24.4. The summed E-state index contributed by atoms with van der Waals surface area (Å²) in [6.07, 6.45) is 2.87. The SMILES string of the molecule is N#Cc1cc(-c2cc(NCc3ccc(Cl)s3)n(C(=O)c3ccns3)n2)n(CC(=O)c2ccco2)c(=O)c1. The van der Waals surface area contributed by atoms with Crippen LogP contribution < -0.4 is 10.9 Å². The Labute approximate surface area is 222 Å². The van der Waals surface area contributed by atoms with Gasteiger partial charge in [0.25, 0.3) is 11.5 Å². The molecular formula is C24H15ClN6O4S2. The molecule has 10 nitrogen and oxygen atoms in total. The highest BCUT2D eigenvalue weighted by Crippen LogP contribution is 2.26. The van der Waals surface area contributed by atoms with Gasteiger partial charge in [0.05, 0.1) is 41.0 Å². The van der Waals surface area contributed by atoms with E-state index in [2.05, 4.69) is 14.8 Å². The van der Waals surface area contributed by atoms with Crippen molar-refractivity contribution in [3.05, 3.63) is 96.8 Å². The monoisotopic (exact) mass is 550 g/mol. The lowest BCUT2D eigenvalue weighted by atomic mass is 10.1. The van der Waals surface area contributed by atoms with Crippen LogP contribution in [0.4, 0.5) is 5.82 Å². The molecule has 0 amide bonds. The van der Waals surface area contributed by atoms with Crippen molar-refractivity contribution in [2.45, 2.75) is 13.1 Å². The molecular weight excluding hydrogens is 536 g/mol. The summed E-state index contributed by atoms with van der Waals surface area (Å²) in [5.41, 5.74) is -0.0687. The highest BCUT2D eigenvalue weighted by atomic mass is 35.5. The van der Waals surface area contributed by atoms with Gasteiger partial charge in [0.1, 0.15) is 16.4 Å². The molecule has 37 heavy (non-hydrogen) atoms. The predicted molar refractivity (Wildman–Crippen MR) is 138 cm³/mol. The molecule has 0 unspecified atom stereocenters. The molecule has 13 heteroatoms. The summed E-state index contributed by atoms with van der Waals surface area (Å²) in [5.74, 6) is -0.440. The Balaban J connectivity index is 1.59. The highest BCUT2D eigenvalue weighted by molar-refractivity contribution is 7.16. The van der Waals surface area contributed by atoms with Crippen LogP contribution in [-0.2, 0) is 13.1 Å². The average Bonchev–Trinajstić information content (AvgIpc) is 3.70. The Morgan fingerprint density at radius 1 is 1.19 bits per heavy atom. The van der Waals surface area contributed by atoms with Crippen LogP contribution in [0, 0.1) is 11.3 Å². The molecule has 184 valence electrons. The maximum atomic E-state index is 13.2. The van der Waals surface area contributed by atoms with Gasteiger partial charge in [0, 0.05) is 23.2 Å². The van der Waals surface area contributed by atoms with Crippen molar-refractivity contribution in [2.24, 2.45) is 0 Å². The van der Waals surface area contributed by atoms with Gasteiger partial charge in [-0.3, -0.25) is 19.0 Å². The van der Waals surface area contributed by atoms with E-state index in [1.54, 1.807) is 24.3 Å². The zero-order chi connectivity index (χ0) is 25.9. The normalized spacial score (nSPS) is 10.8. The van der Waals surface area contributed by atoms with E-state index in [1.807, 2.05) is 12.1 Å². The fraction of sp³-hybridized carbons (Fsp3) is 0.0833. The van der Waals surface area contributed by atoms with Crippen LogP contribution in [0.2, 0.25) is 4.34 Å². The molecule has 0 aromatic carbocycles. The molecule has 5 aromatic rings. The van der Waals surface area contributed by atoms with Crippen molar-refractivity contribution in [1.29, 1.82) is 5.26 Å². The van der Waals surface area contributed by atoms with Crippen molar-refractivity contribution in [2.75, 3.05) is 5.32 Å². The van der Waals surface area contributed by atoms with E-state index in [0.29, 0.717) is 21.6 Å². The van der Waals surface area contributed by atoms with Crippen molar-refractivity contribution in [3.8, 4) is 17.5 Å². The first-order valence-electron chi connectivity index (χ1n) is 10.7. The van der Waals surface area contributed by atoms with Crippen LogP contribution in [0.25, 0.3) is 11.4 Å². The number of anilines is 1. The number of thiophene rings is 1. The maximum absolute atomic E-state index is 13.2. The van der Waals surface area contributed by atoms with Crippen molar-refractivity contribution in [1.82, 2.24) is 18.7 Å². The van der Waals surface area contributed by atoms with E-state index in [-0.39, 0.29) is 29.3 Å². The minimum atomic E-state index is -0.569. The van der Waals surface area contributed by atoms with E-state index < -0.39 is 17.2 Å². The number of rotatable bonds is 8. The molecule has 0 aliphatic heterocycles. The summed E-state index contributed by atoms with van der Waals surface area (Å²) >= 11 is 8.44. The minimum absolute atomic E-state index is 0.0880. The number of pyridine rings is 1. The quantitative estimate of drug-likeness (QED) is 0.278. The van der Waals surface area contributed by atoms with E-state index >= 15 is 0 Å². The Bertz CT molecular complexity index is 1690. The summed E-state index contributed by atoms with van der Waals surface area (Å²) in [7, 11) is 0. The van der Waals surface area contributed by atoms with Crippen LogP contribution in [0.1, 0.15) is 30.7 Å². The van der Waals surface area contributed by atoms with Crippen LogP contribution in [0.3, 0.4) is 0 Å². The number of aromatic nitrogens is 4. The van der Waals surface area contributed by atoms with Crippen LogP contribution in [0.5, 0.6) is 0 Å². The first-order chi connectivity index (χ1) is 17.9. The van der Waals surface area contributed by atoms with Crippen LogP contribution >= 0.6 is 34.5 Å². The second-order valence-corrected chi connectivity index (χ2v) is 10.3. The second-order valence-electron chi connectivity index (χ2n) is 7.63. The molecule has 1 N–H and O–H groups in total. The zero-order valence-electron chi connectivity index (χ0n) is 18.8. The van der Waals surface area contributed by atoms with Crippen LogP contribution in [0.15, 0.2) is 70.2 Å². The van der Waals surface area contributed by atoms with Gasteiger partial charge in [0.15, 0.2) is 5.76 Å². The summed E-state index contributed by atoms with van der Waals surface area (Å²) in [6.45, 7) is 0.0139. The number of ketones is 1. The smallest absolute Gasteiger partial charge is 0.291 e. The summed E-state index contributed by atoms with van der Waals surface area (Å²) in [5, 5.41) is 17.1. The van der Waals surface area contributed by atoms with E-state index in [4.69, 9.17) is 16.0 Å². The fourth-order valence-corrected chi connectivity index (χ4v) is 5.09. The topological polar surface area (TPSA) is 136 Å². The van der Waals surface area contributed by atoms with E-state index in [9.17, 15) is 19.6 Å². The molecule has 5 aromatic heterocycles. The molecule has 0 aliphatic rings. The molecule has 0 atom stereocenters. The molecule has 0 aliphatic carbocycles. The second kappa shape index (κ2) is 10.4. The molecule has 0 saturated heterocycles. The lowest BCUT2D eigenvalue weighted by molar-refractivity contribution is 0.0938. The minimum Gasteiger partial charge on any atom is -0.461 e. The van der Waals surface area contributed by atoms with E-state index in [1.165, 1.54) is 45.2 Å². The number of carbonyl (C=O) groups excluding carboxylic acids is 2. The molecule has 0 fully saturated rings. The lowest BCUT2D eigenvalue weighted by Gasteiger charge is -2.10. The number of nitriles is 1. The average molecular weight is 551 g/mol.